The highest BCUT2D eigenvalue weighted by molar-refractivity contribution is 7.19. The fourth-order valence-electron chi connectivity index (χ4n) is 0. The summed E-state index contributed by atoms with van der Waals surface area (Å²) in [6, 6.07) is 0. The third-order valence-electron chi connectivity index (χ3n) is 0.167. The maximum Gasteiger partial charge on any atom is 0.209 e. The molecule has 0 atom stereocenters. The molecule has 4 heavy (non-hydrogen) atoms. The number of rotatable bonds is 1. The third kappa shape index (κ3) is 2.30. The predicted octanol–water partition coefficient (Wildman–Crippen LogP) is -2.60. The second kappa shape index (κ2) is 3.30. The Balaban J connectivity index is 2.30. The zero-order valence-corrected chi connectivity index (χ0v) is 5.85. The van der Waals surface area contributed by atoms with Crippen LogP contribution in [0.3, 0.4) is 0 Å². The first-order valence-corrected chi connectivity index (χ1v) is 4.05. The van der Waals surface area contributed by atoms with Crippen LogP contribution in [0, 0.1) is 0 Å². The highest BCUT2D eigenvalue weighted by Gasteiger charge is 1.63. The Bertz CT molecular complexity index is 20.0. The lowest BCUT2D eigenvalue weighted by molar-refractivity contribution is 0.586. The van der Waals surface area contributed by atoms with Gasteiger partial charge in [0.2, 0.25) is 9.28 Å². The summed E-state index contributed by atoms with van der Waals surface area (Å²) in [4.78, 5) is 0. The average Bonchev–Trinajstić information content (AvgIpc) is 1.37. The van der Waals surface area contributed by atoms with Crippen molar-refractivity contribution in [2.45, 2.75) is 0 Å². The van der Waals surface area contributed by atoms with E-state index in [0.29, 0.717) is 0 Å². The minimum atomic E-state index is -0.406. The molecular weight excluding hydrogens is 83.0 g/mol. The molecule has 0 aromatic carbocycles. The molecule has 0 aliphatic heterocycles. The fourth-order valence-corrected chi connectivity index (χ4v) is 0. The molecule has 0 N–H and O–H groups in total. The molecule has 0 rings (SSSR count). The standard InChI is InChI=1S/BH5OSi2/c2-4-1-3/h1,4H,3H3. The maximum atomic E-state index is 9.42. The third-order valence-corrected chi connectivity index (χ3v) is 1.50. The summed E-state index contributed by atoms with van der Waals surface area (Å²) in [5.74, 6) is 0. The minimum Gasteiger partial charge on any atom is -0.403 e. The second-order valence-electron chi connectivity index (χ2n) is 0.575. The van der Waals surface area contributed by atoms with Gasteiger partial charge in [0, 0.05) is 0 Å². The molecule has 0 aliphatic rings. The first-order valence-electron chi connectivity index (χ1n) is 1.35. The molecule has 0 heterocycles. The van der Waals surface area contributed by atoms with Crippen LogP contribution in [0.25, 0.3) is 0 Å². The van der Waals surface area contributed by atoms with Crippen LogP contribution in [-0.2, 0) is 4.46 Å². The Morgan fingerprint density at radius 1 is 2.00 bits per heavy atom. The van der Waals surface area contributed by atoms with E-state index in [9.17, 15) is 4.46 Å². The van der Waals surface area contributed by atoms with Gasteiger partial charge in [-0.3, -0.25) is 0 Å². The van der Waals surface area contributed by atoms with Crippen molar-refractivity contribution in [1.29, 1.82) is 0 Å². The van der Waals surface area contributed by atoms with E-state index in [0.717, 1.165) is 16.6 Å². The molecule has 0 radical (unpaired) electrons. The average molecular weight is 88.0 g/mol. The second-order valence-corrected chi connectivity index (χ2v) is 4.17. The van der Waals surface area contributed by atoms with Crippen molar-refractivity contribution in [2.75, 3.05) is 0 Å². The molecule has 0 spiro atoms. The molecule has 0 aromatic rings. The molecule has 1 nitrogen and oxygen atoms in total. The van der Waals surface area contributed by atoms with Gasteiger partial charge in [-0.15, -0.1) is 0 Å². The Morgan fingerprint density at radius 3 is 2.25 bits per heavy atom. The predicted molar refractivity (Wildman–Crippen MR) is 24.9 cm³/mol. The van der Waals surface area contributed by atoms with Crippen molar-refractivity contribution in [2.24, 2.45) is 0 Å². The van der Waals surface area contributed by atoms with Crippen LogP contribution in [0.4, 0.5) is 0 Å². The lowest BCUT2D eigenvalue weighted by atomic mass is 10.7. The summed E-state index contributed by atoms with van der Waals surface area (Å²) in [7, 11) is 0.708. The summed E-state index contributed by atoms with van der Waals surface area (Å²) in [6.45, 7) is 0.986. The molecule has 0 bridgehead atoms. The van der Waals surface area contributed by atoms with E-state index in [1.165, 1.54) is 0 Å². The van der Waals surface area contributed by atoms with E-state index in [-0.39, 0.29) is 0 Å². The highest BCUT2D eigenvalue weighted by Crippen LogP contribution is 1.15. The fraction of sp³-hybridized carbons (Fsp3) is 0. The van der Waals surface area contributed by atoms with Gasteiger partial charge in [-0.1, -0.05) is 0 Å². The van der Waals surface area contributed by atoms with E-state index in [4.69, 9.17) is 0 Å². The summed E-state index contributed by atoms with van der Waals surface area (Å²) >= 11 is 0. The van der Waals surface area contributed by atoms with Crippen LogP contribution in [-0.4, -0.2) is 25.9 Å². The van der Waals surface area contributed by atoms with Gasteiger partial charge < -0.3 is 4.46 Å². The topological polar surface area (TPSA) is 17.1 Å². The summed E-state index contributed by atoms with van der Waals surface area (Å²) < 4.78 is 9.42. The molecule has 0 amide bonds. The molecule has 0 fully saturated rings. The van der Waals surface area contributed by atoms with Crippen LogP contribution in [0.2, 0.25) is 0 Å². The molecule has 4 heteroatoms. The number of hydrogen-bond donors (Lipinski definition) is 0. The Labute approximate surface area is 31.2 Å². The van der Waals surface area contributed by atoms with E-state index in [1.54, 1.807) is 0 Å². The monoisotopic (exact) mass is 88.0 g/mol. The maximum absolute atomic E-state index is 9.42. The van der Waals surface area contributed by atoms with E-state index >= 15 is 0 Å². The van der Waals surface area contributed by atoms with Gasteiger partial charge in [0.05, 0.1) is 0 Å². The molecule has 0 saturated carbocycles. The molecule has 0 unspecified atom stereocenters. The van der Waals surface area contributed by atoms with E-state index < -0.39 is 9.28 Å². The number of hydrogen-bond acceptors (Lipinski definition) is 1. The lowest BCUT2D eigenvalue weighted by Crippen LogP contribution is -1.88. The highest BCUT2D eigenvalue weighted by atomic mass is 28.2. The Hall–Kier alpha value is 0.299. The van der Waals surface area contributed by atoms with Crippen molar-refractivity contribution < 1.29 is 4.46 Å². The van der Waals surface area contributed by atoms with Crippen molar-refractivity contribution in [3.8, 4) is 0 Å². The van der Waals surface area contributed by atoms with Gasteiger partial charge in [-0.25, -0.2) is 0 Å². The van der Waals surface area contributed by atoms with Crippen LogP contribution in [0.15, 0.2) is 0 Å². The van der Waals surface area contributed by atoms with Gasteiger partial charge in [0.25, 0.3) is 0 Å². The van der Waals surface area contributed by atoms with E-state index in [1.807, 2.05) is 0 Å². The van der Waals surface area contributed by atoms with Crippen LogP contribution in [0.5, 0.6) is 0 Å². The minimum absolute atomic E-state index is 0.406. The van der Waals surface area contributed by atoms with Crippen molar-refractivity contribution in [3.05, 3.63) is 0 Å². The van der Waals surface area contributed by atoms with Gasteiger partial charge in [-0.05, 0) is 10.1 Å². The van der Waals surface area contributed by atoms with Crippen LogP contribution in [0.1, 0.15) is 0 Å². The van der Waals surface area contributed by atoms with Crippen molar-refractivity contribution in [3.63, 3.8) is 0 Å². The van der Waals surface area contributed by atoms with Gasteiger partial charge in [0.15, 0.2) is 6.46 Å². The van der Waals surface area contributed by atoms with Crippen LogP contribution >= 0.6 is 0 Å². The van der Waals surface area contributed by atoms with Gasteiger partial charge >= 0.3 is 0 Å². The quantitative estimate of drug-likeness (QED) is 0.321. The normalized spacial score (nSPS) is 6.00. The van der Waals surface area contributed by atoms with Crippen molar-refractivity contribution >= 4 is 25.9 Å². The first kappa shape index (κ1) is 4.30. The molecular formula is H5BOSi2. The van der Waals surface area contributed by atoms with E-state index in [2.05, 4.69) is 0 Å². The summed E-state index contributed by atoms with van der Waals surface area (Å²) in [5, 5.41) is 0. The molecule has 0 aromatic heterocycles. The first-order chi connectivity index (χ1) is 1.91. The van der Waals surface area contributed by atoms with Gasteiger partial charge in [-0.2, -0.15) is 0 Å². The molecule has 0 saturated heterocycles. The van der Waals surface area contributed by atoms with Crippen LogP contribution < -0.4 is 0 Å². The zero-order chi connectivity index (χ0) is 3.41. The summed E-state index contributed by atoms with van der Waals surface area (Å²) in [6.07, 6.45) is 0. The molecule has 22 valence electrons. The smallest absolute Gasteiger partial charge is 0.209 e. The molecule has 0 aliphatic carbocycles. The zero-order valence-electron chi connectivity index (χ0n) is 2.69. The van der Waals surface area contributed by atoms with Gasteiger partial charge in [0.1, 0.15) is 0 Å². The Morgan fingerprint density at radius 2 is 2.25 bits per heavy atom. The van der Waals surface area contributed by atoms with Crippen molar-refractivity contribution in [1.82, 2.24) is 0 Å². The lowest BCUT2D eigenvalue weighted by Gasteiger charge is -1.42. The largest absolute Gasteiger partial charge is 0.403 e. The SMILES string of the molecule is O=[SiH]B[SiH3]. The summed E-state index contributed by atoms with van der Waals surface area (Å²) in [5.41, 5.74) is 0. The Kier molecular flexibility index (Phi) is 3.55.